The normalized spacial score (nSPS) is 10.9. The Balaban J connectivity index is 1.34. The van der Waals surface area contributed by atoms with E-state index >= 15 is 0 Å². The summed E-state index contributed by atoms with van der Waals surface area (Å²) in [7, 11) is 1.61. The van der Waals surface area contributed by atoms with Gasteiger partial charge in [0.15, 0.2) is 17.3 Å². The predicted octanol–water partition coefficient (Wildman–Crippen LogP) is 6.20. The molecule has 0 aliphatic carbocycles. The molecule has 5 aromatic rings. The molecule has 3 aromatic carbocycles. The number of oxazole rings is 1. The van der Waals surface area contributed by atoms with E-state index in [1.54, 1.807) is 19.5 Å². The number of ether oxygens (including phenoxy) is 2. The first-order chi connectivity index (χ1) is 15.7. The Morgan fingerprint density at radius 2 is 1.88 bits per heavy atom. The monoisotopic (exact) mass is 446 g/mol. The van der Waals surface area contributed by atoms with Crippen LogP contribution in [0.2, 0.25) is 5.02 Å². The molecular formula is C24H19ClN4O3. The highest BCUT2D eigenvalue weighted by atomic mass is 35.5. The molecule has 2 N–H and O–H groups in total. The summed E-state index contributed by atoms with van der Waals surface area (Å²) >= 11 is 5.95. The highest BCUT2D eigenvalue weighted by Crippen LogP contribution is 2.34. The van der Waals surface area contributed by atoms with Crippen molar-refractivity contribution in [3.8, 4) is 22.8 Å². The molecule has 0 radical (unpaired) electrons. The van der Waals surface area contributed by atoms with Crippen molar-refractivity contribution >= 4 is 34.2 Å². The number of aromatic amines is 1. The van der Waals surface area contributed by atoms with E-state index in [0.29, 0.717) is 34.9 Å². The minimum atomic E-state index is 0.386. The van der Waals surface area contributed by atoms with E-state index in [0.717, 1.165) is 27.7 Å². The van der Waals surface area contributed by atoms with Gasteiger partial charge in [-0.05, 0) is 54.1 Å². The second kappa shape index (κ2) is 8.64. The summed E-state index contributed by atoms with van der Waals surface area (Å²) < 4.78 is 17.4. The second-order valence-corrected chi connectivity index (χ2v) is 7.54. The number of methoxy groups -OCH3 is 1. The van der Waals surface area contributed by atoms with Gasteiger partial charge in [0.2, 0.25) is 0 Å². The van der Waals surface area contributed by atoms with Gasteiger partial charge >= 0.3 is 0 Å². The van der Waals surface area contributed by atoms with Crippen molar-refractivity contribution in [2.75, 3.05) is 12.4 Å². The van der Waals surface area contributed by atoms with E-state index in [9.17, 15) is 0 Å². The van der Waals surface area contributed by atoms with Gasteiger partial charge < -0.3 is 19.2 Å². The van der Waals surface area contributed by atoms with Gasteiger partial charge in [0.05, 0.1) is 25.0 Å². The number of hydrogen-bond donors (Lipinski definition) is 2. The third-order valence-electron chi connectivity index (χ3n) is 4.95. The molecule has 160 valence electrons. The summed E-state index contributed by atoms with van der Waals surface area (Å²) in [4.78, 5) is 4.34. The molecule has 2 aromatic heterocycles. The third-order valence-corrected chi connectivity index (χ3v) is 5.20. The van der Waals surface area contributed by atoms with Crippen molar-refractivity contribution in [3.05, 3.63) is 83.6 Å². The van der Waals surface area contributed by atoms with E-state index in [1.807, 2.05) is 60.7 Å². The van der Waals surface area contributed by atoms with Gasteiger partial charge in [0.1, 0.15) is 6.61 Å². The van der Waals surface area contributed by atoms with Crippen molar-refractivity contribution in [1.29, 1.82) is 0 Å². The molecule has 0 bridgehead atoms. The molecule has 7 nitrogen and oxygen atoms in total. The lowest BCUT2D eigenvalue weighted by Crippen LogP contribution is -1.98. The summed E-state index contributed by atoms with van der Waals surface area (Å²) in [5.41, 5.74) is 3.65. The number of nitrogens with zero attached hydrogens (tertiary/aromatic N) is 2. The zero-order valence-electron chi connectivity index (χ0n) is 17.1. The van der Waals surface area contributed by atoms with Crippen molar-refractivity contribution in [3.63, 3.8) is 0 Å². The number of nitrogens with one attached hydrogen (secondary N) is 2. The number of rotatable bonds is 7. The fourth-order valence-corrected chi connectivity index (χ4v) is 3.42. The van der Waals surface area contributed by atoms with Crippen LogP contribution >= 0.6 is 11.6 Å². The van der Waals surface area contributed by atoms with Crippen LogP contribution in [0.1, 0.15) is 5.56 Å². The highest BCUT2D eigenvalue weighted by molar-refractivity contribution is 6.30. The Morgan fingerprint density at radius 1 is 1.00 bits per heavy atom. The lowest BCUT2D eigenvalue weighted by Gasteiger charge is -2.12. The van der Waals surface area contributed by atoms with Gasteiger partial charge in [-0.15, -0.1) is 0 Å². The Kier molecular flexibility index (Phi) is 5.39. The van der Waals surface area contributed by atoms with Gasteiger partial charge in [0.25, 0.3) is 6.01 Å². The summed E-state index contributed by atoms with van der Waals surface area (Å²) in [5, 5.41) is 11.8. The second-order valence-electron chi connectivity index (χ2n) is 7.11. The zero-order valence-corrected chi connectivity index (χ0v) is 17.9. The largest absolute Gasteiger partial charge is 0.493 e. The smallest absolute Gasteiger partial charge is 0.299 e. The number of benzene rings is 3. The molecule has 0 amide bonds. The first-order valence-electron chi connectivity index (χ1n) is 9.89. The number of H-pyrrole nitrogens is 1. The third kappa shape index (κ3) is 4.24. The molecule has 5 rings (SSSR count). The average molecular weight is 447 g/mol. The van der Waals surface area contributed by atoms with Crippen LogP contribution in [0.15, 0.2) is 77.5 Å². The fraction of sp³-hybridized carbons (Fsp3) is 0.0833. The Hall–Kier alpha value is -3.97. The molecule has 0 aliphatic heterocycles. The number of halogens is 1. The van der Waals surface area contributed by atoms with Crippen LogP contribution in [0.4, 0.5) is 11.7 Å². The molecule has 0 saturated heterocycles. The van der Waals surface area contributed by atoms with Crippen molar-refractivity contribution in [2.45, 2.75) is 6.61 Å². The van der Waals surface area contributed by atoms with Crippen LogP contribution < -0.4 is 14.8 Å². The topological polar surface area (TPSA) is 85.2 Å². The highest BCUT2D eigenvalue weighted by Gasteiger charge is 2.12. The van der Waals surface area contributed by atoms with E-state index in [2.05, 4.69) is 20.5 Å². The van der Waals surface area contributed by atoms with E-state index < -0.39 is 0 Å². The van der Waals surface area contributed by atoms with Crippen LogP contribution in [0, 0.1) is 0 Å². The van der Waals surface area contributed by atoms with Crippen LogP contribution in [0.5, 0.6) is 11.5 Å². The van der Waals surface area contributed by atoms with E-state index in [1.165, 1.54) is 0 Å². The number of fused-ring (bicyclic) bond motifs is 1. The Bertz CT molecular complexity index is 1360. The minimum Gasteiger partial charge on any atom is -0.493 e. The van der Waals surface area contributed by atoms with Crippen molar-refractivity contribution in [2.24, 2.45) is 0 Å². The van der Waals surface area contributed by atoms with Gasteiger partial charge in [-0.3, -0.25) is 5.10 Å². The Morgan fingerprint density at radius 3 is 2.72 bits per heavy atom. The summed E-state index contributed by atoms with van der Waals surface area (Å²) in [6.07, 6.45) is 3.44. The van der Waals surface area contributed by atoms with Crippen molar-refractivity contribution in [1.82, 2.24) is 15.2 Å². The maximum absolute atomic E-state index is 6.00. The SMILES string of the molecule is COc1ccc(-c2cnc(Nc3ccc4[nH]ncc4c3)o2)cc1OCc1ccc(Cl)cc1. The molecule has 0 atom stereocenters. The maximum Gasteiger partial charge on any atom is 0.299 e. The van der Waals surface area contributed by atoms with Crippen LogP contribution in [0.25, 0.3) is 22.2 Å². The lowest BCUT2D eigenvalue weighted by atomic mass is 10.1. The van der Waals surface area contributed by atoms with Gasteiger partial charge in [-0.1, -0.05) is 23.7 Å². The summed E-state index contributed by atoms with van der Waals surface area (Å²) in [6, 6.07) is 19.4. The molecule has 32 heavy (non-hydrogen) atoms. The Labute approximate surface area is 189 Å². The van der Waals surface area contributed by atoms with Crippen molar-refractivity contribution < 1.29 is 13.9 Å². The van der Waals surface area contributed by atoms with E-state index in [4.69, 9.17) is 25.5 Å². The summed E-state index contributed by atoms with van der Waals surface area (Å²) in [5.74, 6) is 1.85. The van der Waals surface area contributed by atoms with Crippen LogP contribution in [-0.2, 0) is 6.61 Å². The maximum atomic E-state index is 6.00. The molecule has 0 fully saturated rings. The number of aromatic nitrogens is 3. The zero-order chi connectivity index (χ0) is 21.9. The quantitative estimate of drug-likeness (QED) is 0.309. The standard InChI is InChI=1S/C24H19ClN4O3/c1-30-21-9-4-16(11-22(21)31-14-15-2-5-18(25)6-3-15)23-13-26-24(32-23)28-19-7-8-20-17(10-19)12-27-29-20/h2-13H,14H2,1H3,(H,26,28)(H,27,29). The van der Waals surface area contributed by atoms with Crippen LogP contribution in [0.3, 0.4) is 0 Å². The average Bonchev–Trinajstić information content (AvgIpc) is 3.48. The molecule has 0 saturated carbocycles. The van der Waals surface area contributed by atoms with Gasteiger partial charge in [0, 0.05) is 21.7 Å². The molecule has 8 heteroatoms. The lowest BCUT2D eigenvalue weighted by molar-refractivity contribution is 0.284. The van der Waals surface area contributed by atoms with E-state index in [-0.39, 0.29) is 0 Å². The molecule has 0 unspecified atom stereocenters. The molecule has 2 heterocycles. The first-order valence-corrected chi connectivity index (χ1v) is 10.3. The predicted molar refractivity (Wildman–Crippen MR) is 124 cm³/mol. The van der Waals surface area contributed by atoms with Crippen LogP contribution in [-0.4, -0.2) is 22.3 Å². The minimum absolute atomic E-state index is 0.386. The fourth-order valence-electron chi connectivity index (χ4n) is 3.29. The number of anilines is 2. The van der Waals surface area contributed by atoms with Gasteiger partial charge in [-0.2, -0.15) is 5.10 Å². The molecule has 0 aliphatic rings. The molecular weight excluding hydrogens is 428 g/mol. The first kappa shape index (κ1) is 20.0. The number of hydrogen-bond acceptors (Lipinski definition) is 6. The molecule has 0 spiro atoms. The van der Waals surface area contributed by atoms with Gasteiger partial charge in [-0.25, -0.2) is 4.98 Å². The summed E-state index contributed by atoms with van der Waals surface area (Å²) in [6.45, 7) is 0.386.